The Bertz CT molecular complexity index is 1580. The van der Waals surface area contributed by atoms with E-state index in [-0.39, 0.29) is 0 Å². The van der Waals surface area contributed by atoms with Crippen molar-refractivity contribution in [2.75, 3.05) is 0 Å². The van der Waals surface area contributed by atoms with E-state index in [9.17, 15) is 0 Å². The summed E-state index contributed by atoms with van der Waals surface area (Å²) in [5, 5.41) is 2.44. The molecule has 4 aromatic carbocycles. The first kappa shape index (κ1) is 18.5. The van der Waals surface area contributed by atoms with E-state index in [0.29, 0.717) is 0 Å². The van der Waals surface area contributed by atoms with Crippen molar-refractivity contribution in [2.24, 2.45) is 0 Å². The maximum Gasteiger partial charge on any atom is 0.0551 e. The molecule has 0 saturated carbocycles. The van der Waals surface area contributed by atoms with Crippen molar-refractivity contribution in [1.29, 1.82) is 0 Å². The van der Waals surface area contributed by atoms with E-state index in [1.807, 2.05) is 0 Å². The number of H-pyrrole nitrogens is 2. The quantitative estimate of drug-likeness (QED) is 0.192. The monoisotopic (exact) mass is 538 g/mol. The predicted molar refractivity (Wildman–Crippen MR) is 141 cm³/mol. The lowest BCUT2D eigenvalue weighted by Crippen LogP contribution is -1.95. The van der Waals surface area contributed by atoms with Crippen molar-refractivity contribution in [1.82, 2.24) is 9.97 Å². The van der Waals surface area contributed by atoms with Crippen molar-refractivity contribution in [3.8, 4) is 44.8 Å². The molecule has 0 aliphatic heterocycles. The molecule has 0 fully saturated rings. The van der Waals surface area contributed by atoms with Crippen LogP contribution in [0.1, 0.15) is 0 Å². The minimum Gasteiger partial charge on any atom is -0.354 e. The molecule has 2 aromatic heterocycles. The second-order valence-corrected chi connectivity index (χ2v) is 10.1. The maximum absolute atomic E-state index is 3.75. The summed E-state index contributed by atoms with van der Waals surface area (Å²) in [5.74, 6) is 0. The van der Waals surface area contributed by atoms with Gasteiger partial charge >= 0.3 is 0 Å². The topological polar surface area (TPSA) is 31.6 Å². The van der Waals surface area contributed by atoms with Crippen LogP contribution < -0.4 is 0 Å². The van der Waals surface area contributed by atoms with Gasteiger partial charge in [-0.1, -0.05) is 80.4 Å². The zero-order valence-corrected chi connectivity index (χ0v) is 20.0. The third-order valence-corrected chi connectivity index (χ3v) is 7.44. The number of aromatic nitrogens is 2. The Labute approximate surface area is 201 Å². The van der Waals surface area contributed by atoms with Gasteiger partial charge in [0.25, 0.3) is 0 Å². The molecule has 0 bridgehead atoms. The Morgan fingerprint density at radius 3 is 1.31 bits per heavy atom. The van der Waals surface area contributed by atoms with Gasteiger partial charge in [0, 0.05) is 53.0 Å². The van der Waals surface area contributed by atoms with Crippen LogP contribution in [0.2, 0.25) is 0 Å². The molecule has 0 unspecified atom stereocenters. The molecule has 152 valence electrons. The molecule has 2 N–H and O–H groups in total. The van der Waals surface area contributed by atoms with Gasteiger partial charge in [-0.2, -0.15) is 0 Å². The summed E-state index contributed by atoms with van der Waals surface area (Å²) in [7, 11) is 0. The van der Waals surface area contributed by atoms with Crippen LogP contribution in [0.5, 0.6) is 0 Å². The summed E-state index contributed by atoms with van der Waals surface area (Å²) in [6.07, 6.45) is 0. The summed E-state index contributed by atoms with van der Waals surface area (Å²) in [4.78, 5) is 7.50. The van der Waals surface area contributed by atoms with Gasteiger partial charge in [0.1, 0.15) is 0 Å². The smallest absolute Gasteiger partial charge is 0.0551 e. The fourth-order valence-corrected chi connectivity index (χ4v) is 5.85. The number of hydrogen-bond donors (Lipinski definition) is 2. The van der Waals surface area contributed by atoms with E-state index >= 15 is 0 Å². The molecule has 0 spiro atoms. The van der Waals surface area contributed by atoms with E-state index in [1.54, 1.807) is 0 Å². The number of benzene rings is 4. The highest BCUT2D eigenvalue weighted by Gasteiger charge is 2.27. The molecule has 0 radical (unpaired) electrons. The van der Waals surface area contributed by atoms with Gasteiger partial charge in [-0.3, -0.25) is 0 Å². The van der Waals surface area contributed by atoms with E-state index in [2.05, 4.69) is 127 Å². The fraction of sp³-hybridized carbons (Fsp3) is 0. The first-order valence-electron chi connectivity index (χ1n) is 10.5. The molecule has 1 aliphatic carbocycles. The van der Waals surface area contributed by atoms with Crippen LogP contribution in [0.25, 0.3) is 66.6 Å². The van der Waals surface area contributed by atoms with Gasteiger partial charge in [0.15, 0.2) is 0 Å². The van der Waals surface area contributed by atoms with E-state index in [0.717, 1.165) is 31.4 Å². The number of aromatic amines is 2. The SMILES string of the molecule is Brc1ccc2[nH]c3c(c2c1)-c1ccccc1-c1[nH]c2ccc(Br)cc2c1-c1ccccc1-3. The molecular formula is C28H16Br2N2. The second kappa shape index (κ2) is 6.71. The third kappa shape index (κ3) is 2.51. The third-order valence-electron chi connectivity index (χ3n) is 6.45. The number of hydrogen-bond acceptors (Lipinski definition) is 0. The van der Waals surface area contributed by atoms with Crippen molar-refractivity contribution in [3.05, 3.63) is 93.9 Å². The Morgan fingerprint density at radius 1 is 0.469 bits per heavy atom. The van der Waals surface area contributed by atoms with E-state index in [1.165, 1.54) is 44.2 Å². The molecule has 0 amide bonds. The predicted octanol–water partition coefficient (Wildman–Crippen LogP) is 9.16. The number of rotatable bonds is 0. The minimum absolute atomic E-state index is 1.08. The van der Waals surface area contributed by atoms with Crippen LogP contribution in [-0.2, 0) is 0 Å². The van der Waals surface area contributed by atoms with Crippen LogP contribution in [0.3, 0.4) is 0 Å². The highest BCUT2D eigenvalue weighted by atomic mass is 79.9. The molecule has 2 heterocycles. The summed E-state index contributed by atoms with van der Waals surface area (Å²) < 4.78 is 2.16. The molecule has 0 atom stereocenters. The van der Waals surface area contributed by atoms with Gasteiger partial charge in [-0.05, 0) is 47.5 Å². The molecule has 1 aliphatic rings. The largest absolute Gasteiger partial charge is 0.354 e. The highest BCUT2D eigenvalue weighted by Crippen LogP contribution is 2.51. The Kier molecular flexibility index (Phi) is 3.88. The zero-order chi connectivity index (χ0) is 21.4. The summed E-state index contributed by atoms with van der Waals surface area (Å²) in [6, 6.07) is 30.4. The van der Waals surface area contributed by atoms with Crippen LogP contribution in [0, 0.1) is 0 Å². The van der Waals surface area contributed by atoms with Gasteiger partial charge in [0.05, 0.1) is 11.4 Å². The lowest BCUT2D eigenvalue weighted by molar-refractivity contribution is 1.42. The van der Waals surface area contributed by atoms with Gasteiger partial charge < -0.3 is 9.97 Å². The van der Waals surface area contributed by atoms with Crippen LogP contribution in [0.15, 0.2) is 93.9 Å². The van der Waals surface area contributed by atoms with Crippen molar-refractivity contribution >= 4 is 53.7 Å². The van der Waals surface area contributed by atoms with Crippen molar-refractivity contribution in [2.45, 2.75) is 0 Å². The lowest BCUT2D eigenvalue weighted by atomic mass is 9.85. The number of fused-ring (bicyclic) bond motifs is 12. The van der Waals surface area contributed by atoms with Crippen molar-refractivity contribution < 1.29 is 0 Å². The van der Waals surface area contributed by atoms with Gasteiger partial charge in [0.2, 0.25) is 0 Å². The van der Waals surface area contributed by atoms with E-state index < -0.39 is 0 Å². The Hall–Kier alpha value is -3.08. The zero-order valence-electron chi connectivity index (χ0n) is 16.8. The molecule has 6 aromatic rings. The summed E-state index contributed by atoms with van der Waals surface area (Å²) >= 11 is 7.37. The van der Waals surface area contributed by atoms with Crippen LogP contribution >= 0.6 is 31.9 Å². The minimum atomic E-state index is 1.08. The Balaban J connectivity index is 1.74. The normalized spacial score (nSPS) is 12.1. The number of nitrogens with one attached hydrogen (secondary N) is 2. The first-order valence-corrected chi connectivity index (χ1v) is 12.1. The standard InChI is InChI=1S/C28H16Br2N2/c29-15-9-11-23-21(13-15)25-17-5-1-3-7-19(17)27-26(22-14-16(30)10-12-24(22)31-27)18-6-2-4-8-20(18)28(25)32-23/h1-14,31-32H. The van der Waals surface area contributed by atoms with Gasteiger partial charge in [-0.25, -0.2) is 0 Å². The lowest BCUT2D eigenvalue weighted by Gasteiger charge is -2.19. The molecular weight excluding hydrogens is 524 g/mol. The fourth-order valence-electron chi connectivity index (χ4n) is 5.13. The maximum atomic E-state index is 3.75. The van der Waals surface area contributed by atoms with Gasteiger partial charge in [-0.15, -0.1) is 0 Å². The summed E-state index contributed by atoms with van der Waals surface area (Å²) in [5.41, 5.74) is 12.0. The second-order valence-electron chi connectivity index (χ2n) is 8.22. The van der Waals surface area contributed by atoms with Crippen molar-refractivity contribution in [3.63, 3.8) is 0 Å². The molecule has 7 rings (SSSR count). The van der Waals surface area contributed by atoms with Crippen LogP contribution in [-0.4, -0.2) is 9.97 Å². The number of halogens is 2. The Morgan fingerprint density at radius 2 is 0.875 bits per heavy atom. The first-order chi connectivity index (χ1) is 15.7. The van der Waals surface area contributed by atoms with Crippen LogP contribution in [0.4, 0.5) is 0 Å². The average molecular weight is 540 g/mol. The molecule has 4 heteroatoms. The van der Waals surface area contributed by atoms with E-state index in [4.69, 9.17) is 0 Å². The molecule has 2 nitrogen and oxygen atoms in total. The molecule has 32 heavy (non-hydrogen) atoms. The summed E-state index contributed by atoms with van der Waals surface area (Å²) in [6.45, 7) is 0. The highest BCUT2D eigenvalue weighted by molar-refractivity contribution is 9.10. The average Bonchev–Trinajstić information content (AvgIpc) is 3.35. The molecule has 0 saturated heterocycles.